The van der Waals surface area contributed by atoms with Gasteiger partial charge in [0.25, 0.3) is 0 Å². The third-order valence-electron chi connectivity index (χ3n) is 3.84. The maximum absolute atomic E-state index is 12.5. The van der Waals surface area contributed by atoms with E-state index in [4.69, 9.17) is 11.6 Å². The number of amides is 2. The van der Waals surface area contributed by atoms with E-state index in [0.29, 0.717) is 11.6 Å². The second-order valence-corrected chi connectivity index (χ2v) is 6.38. The van der Waals surface area contributed by atoms with Gasteiger partial charge in [-0.05, 0) is 42.0 Å². The minimum atomic E-state index is -4.42. The molecule has 0 unspecified atom stereocenters. The van der Waals surface area contributed by atoms with Crippen molar-refractivity contribution in [3.8, 4) is 0 Å². The molecular weight excluding hydrogens is 381 g/mol. The van der Waals surface area contributed by atoms with E-state index in [1.54, 1.807) is 24.3 Å². The Labute approximate surface area is 159 Å². The van der Waals surface area contributed by atoms with E-state index >= 15 is 0 Å². The second-order valence-electron chi connectivity index (χ2n) is 5.94. The summed E-state index contributed by atoms with van der Waals surface area (Å²) in [5, 5.41) is 3.11. The molecule has 0 saturated heterocycles. The molecule has 4 nitrogen and oxygen atoms in total. The summed E-state index contributed by atoms with van der Waals surface area (Å²) in [7, 11) is 0. The van der Waals surface area contributed by atoms with Crippen molar-refractivity contribution in [3.05, 3.63) is 64.7 Å². The van der Waals surface area contributed by atoms with Gasteiger partial charge in [0, 0.05) is 37.1 Å². The lowest BCUT2D eigenvalue weighted by atomic mass is 10.2. The first kappa shape index (κ1) is 20.8. The highest BCUT2D eigenvalue weighted by Gasteiger charge is 2.30. The van der Waals surface area contributed by atoms with Crippen LogP contribution in [0, 0.1) is 0 Å². The number of hydrogen-bond acceptors (Lipinski definition) is 2. The van der Waals surface area contributed by atoms with Gasteiger partial charge in [-0.1, -0.05) is 23.7 Å². The number of alkyl halides is 3. The zero-order valence-electron chi connectivity index (χ0n) is 14.5. The van der Waals surface area contributed by atoms with Crippen LogP contribution in [0.1, 0.15) is 24.5 Å². The normalized spacial score (nSPS) is 11.1. The number of anilines is 1. The van der Waals surface area contributed by atoms with Gasteiger partial charge in [0.1, 0.15) is 0 Å². The standard InChI is InChI=1S/C19H18ClF3N2O2/c1-13(26)25(12-14-2-6-16(20)7-3-14)11-10-18(27)24-17-8-4-15(5-9-17)19(21,22)23/h2-9H,10-12H2,1H3,(H,24,27). The molecule has 0 heterocycles. The first-order chi connectivity index (χ1) is 12.6. The van der Waals surface area contributed by atoms with Gasteiger partial charge in [-0.25, -0.2) is 0 Å². The van der Waals surface area contributed by atoms with Crippen molar-refractivity contribution in [2.75, 3.05) is 11.9 Å². The van der Waals surface area contributed by atoms with E-state index in [0.717, 1.165) is 17.7 Å². The molecule has 2 rings (SSSR count). The molecule has 8 heteroatoms. The van der Waals surface area contributed by atoms with Crippen LogP contribution in [-0.2, 0) is 22.3 Å². The number of benzene rings is 2. The Morgan fingerprint density at radius 1 is 1.04 bits per heavy atom. The molecule has 2 amide bonds. The molecule has 0 aliphatic heterocycles. The summed E-state index contributed by atoms with van der Waals surface area (Å²) in [6.45, 7) is 1.92. The number of rotatable bonds is 6. The number of nitrogens with zero attached hydrogens (tertiary/aromatic N) is 1. The van der Waals surface area contributed by atoms with Crippen LogP contribution >= 0.6 is 11.6 Å². The summed E-state index contributed by atoms with van der Waals surface area (Å²) < 4.78 is 37.6. The molecule has 0 fully saturated rings. The Kier molecular flexibility index (Phi) is 6.85. The average molecular weight is 399 g/mol. The van der Waals surface area contributed by atoms with Crippen molar-refractivity contribution in [1.29, 1.82) is 0 Å². The van der Waals surface area contributed by atoms with Crippen molar-refractivity contribution in [2.45, 2.75) is 26.1 Å². The van der Waals surface area contributed by atoms with Crippen molar-refractivity contribution < 1.29 is 22.8 Å². The van der Waals surface area contributed by atoms with Crippen molar-refractivity contribution in [2.24, 2.45) is 0 Å². The van der Waals surface area contributed by atoms with Gasteiger partial charge in [0.05, 0.1) is 5.56 Å². The molecule has 0 bridgehead atoms. The zero-order chi connectivity index (χ0) is 20.0. The number of nitrogens with one attached hydrogen (secondary N) is 1. The van der Waals surface area contributed by atoms with E-state index in [-0.39, 0.29) is 24.6 Å². The third kappa shape index (κ3) is 6.60. The smallest absolute Gasteiger partial charge is 0.338 e. The summed E-state index contributed by atoms with van der Waals surface area (Å²) in [5.74, 6) is -0.579. The number of carbonyl (C=O) groups is 2. The Balaban J connectivity index is 1.90. The molecule has 0 atom stereocenters. The van der Waals surface area contributed by atoms with Gasteiger partial charge in [0.15, 0.2) is 0 Å². The fraction of sp³-hybridized carbons (Fsp3) is 0.263. The average Bonchev–Trinajstić information content (AvgIpc) is 2.59. The molecule has 0 spiro atoms. The van der Waals surface area contributed by atoms with Gasteiger partial charge in [-0.3, -0.25) is 9.59 Å². The molecule has 1 N–H and O–H groups in total. The van der Waals surface area contributed by atoms with Crippen LogP contribution in [0.25, 0.3) is 0 Å². The molecule has 144 valence electrons. The molecule has 2 aromatic rings. The van der Waals surface area contributed by atoms with Crippen LogP contribution < -0.4 is 5.32 Å². The predicted molar refractivity (Wildman–Crippen MR) is 97.2 cm³/mol. The van der Waals surface area contributed by atoms with Crippen LogP contribution in [0.4, 0.5) is 18.9 Å². The number of hydrogen-bond donors (Lipinski definition) is 1. The van der Waals surface area contributed by atoms with Gasteiger partial charge < -0.3 is 10.2 Å². The lowest BCUT2D eigenvalue weighted by Gasteiger charge is -2.21. The van der Waals surface area contributed by atoms with Crippen molar-refractivity contribution >= 4 is 29.1 Å². The molecule has 2 aromatic carbocycles. The molecule has 27 heavy (non-hydrogen) atoms. The first-order valence-electron chi connectivity index (χ1n) is 8.12. The Bertz CT molecular complexity index is 790. The SMILES string of the molecule is CC(=O)N(CCC(=O)Nc1ccc(C(F)(F)F)cc1)Cc1ccc(Cl)cc1. The van der Waals surface area contributed by atoms with Crippen LogP contribution in [0.2, 0.25) is 5.02 Å². The maximum Gasteiger partial charge on any atom is 0.416 e. The minimum absolute atomic E-state index is 0.0220. The van der Waals surface area contributed by atoms with Gasteiger partial charge in [-0.2, -0.15) is 13.2 Å². The summed E-state index contributed by atoms with van der Waals surface area (Å²) in [5.41, 5.74) is 0.351. The zero-order valence-corrected chi connectivity index (χ0v) is 15.3. The first-order valence-corrected chi connectivity index (χ1v) is 8.50. The van der Waals surface area contributed by atoms with Crippen molar-refractivity contribution in [1.82, 2.24) is 4.90 Å². The fourth-order valence-corrected chi connectivity index (χ4v) is 2.49. The predicted octanol–water partition coefficient (Wildman–Crippen LogP) is 4.74. The number of carbonyl (C=O) groups excluding carboxylic acids is 2. The Morgan fingerprint density at radius 3 is 2.15 bits per heavy atom. The van der Waals surface area contributed by atoms with Gasteiger partial charge in [-0.15, -0.1) is 0 Å². The Hall–Kier alpha value is -2.54. The highest BCUT2D eigenvalue weighted by atomic mass is 35.5. The highest BCUT2D eigenvalue weighted by molar-refractivity contribution is 6.30. The molecular formula is C19H18ClF3N2O2. The van der Waals surface area contributed by atoms with E-state index in [1.807, 2.05) is 0 Å². The van der Waals surface area contributed by atoms with E-state index in [1.165, 1.54) is 24.0 Å². The molecule has 0 aromatic heterocycles. The summed E-state index contributed by atoms with van der Waals surface area (Å²) in [6.07, 6.45) is -4.40. The van der Waals surface area contributed by atoms with Crippen LogP contribution in [0.15, 0.2) is 48.5 Å². The molecule has 0 aliphatic rings. The lowest BCUT2D eigenvalue weighted by Crippen LogP contribution is -2.31. The van der Waals surface area contributed by atoms with E-state index in [2.05, 4.69) is 5.32 Å². The molecule has 0 saturated carbocycles. The monoisotopic (exact) mass is 398 g/mol. The highest BCUT2D eigenvalue weighted by Crippen LogP contribution is 2.29. The summed E-state index contributed by atoms with van der Waals surface area (Å²) in [4.78, 5) is 25.3. The Morgan fingerprint density at radius 2 is 1.63 bits per heavy atom. The third-order valence-corrected chi connectivity index (χ3v) is 4.09. The van der Waals surface area contributed by atoms with Gasteiger partial charge >= 0.3 is 6.18 Å². The van der Waals surface area contributed by atoms with E-state index in [9.17, 15) is 22.8 Å². The van der Waals surface area contributed by atoms with E-state index < -0.39 is 17.6 Å². The van der Waals surface area contributed by atoms with Crippen LogP contribution in [0.3, 0.4) is 0 Å². The molecule has 0 aliphatic carbocycles. The van der Waals surface area contributed by atoms with Crippen LogP contribution in [0.5, 0.6) is 0 Å². The lowest BCUT2D eigenvalue weighted by molar-refractivity contribution is -0.137. The summed E-state index contributed by atoms with van der Waals surface area (Å²) >= 11 is 5.83. The number of halogens is 4. The largest absolute Gasteiger partial charge is 0.416 e. The fourth-order valence-electron chi connectivity index (χ4n) is 2.36. The van der Waals surface area contributed by atoms with Crippen molar-refractivity contribution in [3.63, 3.8) is 0 Å². The second kappa shape index (κ2) is 8.90. The topological polar surface area (TPSA) is 49.4 Å². The maximum atomic E-state index is 12.5. The minimum Gasteiger partial charge on any atom is -0.338 e. The quantitative estimate of drug-likeness (QED) is 0.764. The van der Waals surface area contributed by atoms with Gasteiger partial charge in [0.2, 0.25) is 11.8 Å². The summed E-state index contributed by atoms with van der Waals surface area (Å²) in [6, 6.07) is 11.2. The molecule has 0 radical (unpaired) electrons. The van der Waals surface area contributed by atoms with Crippen LogP contribution in [-0.4, -0.2) is 23.3 Å².